The van der Waals surface area contributed by atoms with Gasteiger partial charge in [-0.25, -0.2) is 4.79 Å². The normalized spacial score (nSPS) is 12.3. The summed E-state index contributed by atoms with van der Waals surface area (Å²) in [5.74, 6) is 0.0674. The Labute approximate surface area is 158 Å². The molecule has 0 aliphatic carbocycles. The first-order valence-corrected chi connectivity index (χ1v) is 8.92. The maximum Gasteiger partial charge on any atom is 0.336 e. The fourth-order valence-corrected chi connectivity index (χ4v) is 3.58. The van der Waals surface area contributed by atoms with Gasteiger partial charge in [-0.1, -0.05) is 32.4 Å². The van der Waals surface area contributed by atoms with Gasteiger partial charge in [0.25, 0.3) is 5.91 Å². The van der Waals surface area contributed by atoms with E-state index < -0.39 is 5.63 Å². The molecule has 0 atom stereocenters. The average molecular weight is 380 g/mol. The molecule has 0 spiro atoms. The lowest BCUT2D eigenvalue weighted by Crippen LogP contribution is -2.47. The third-order valence-corrected chi connectivity index (χ3v) is 4.11. The third-order valence-electron chi connectivity index (χ3n) is 3.81. The Bertz CT molecular complexity index is 878. The zero-order chi connectivity index (χ0) is 19.7. The fourth-order valence-electron chi connectivity index (χ4n) is 3.36. The van der Waals surface area contributed by atoms with Gasteiger partial charge in [0.05, 0.1) is 5.02 Å². The molecule has 0 aliphatic rings. The summed E-state index contributed by atoms with van der Waals surface area (Å²) in [4.78, 5) is 23.8. The van der Waals surface area contributed by atoms with Crippen LogP contribution in [0.3, 0.4) is 0 Å². The molecule has 0 aliphatic heterocycles. The highest BCUT2D eigenvalue weighted by Crippen LogP contribution is 2.31. The number of hydrogen-bond donors (Lipinski definition) is 1. The number of carbonyl (C=O) groups excluding carboxylic acids is 1. The van der Waals surface area contributed by atoms with E-state index in [4.69, 9.17) is 20.8 Å². The standard InChI is InChI=1S/C20H26ClNO4/c1-12-7-18(24)26-15-9-16(14(21)8-13(12)15)25-10-17(23)22-20(5,6)11-19(2,3)4/h7-9H,10-11H2,1-6H3,(H,22,23). The minimum absolute atomic E-state index is 0.0920. The van der Waals surface area contributed by atoms with Crippen LogP contribution >= 0.6 is 11.6 Å². The van der Waals surface area contributed by atoms with Crippen molar-refractivity contribution in [2.45, 2.75) is 53.5 Å². The number of carbonyl (C=O) groups is 1. The predicted octanol–water partition coefficient (Wildman–Crippen LogP) is 4.46. The SMILES string of the molecule is Cc1cc(=O)oc2cc(OCC(=O)NC(C)(C)CC(C)(C)C)c(Cl)cc12. The summed E-state index contributed by atoms with van der Waals surface area (Å²) in [6.45, 7) is 12.0. The topological polar surface area (TPSA) is 68.5 Å². The number of hydrogen-bond acceptors (Lipinski definition) is 4. The van der Waals surface area contributed by atoms with Gasteiger partial charge in [-0.3, -0.25) is 4.79 Å². The van der Waals surface area contributed by atoms with E-state index in [1.165, 1.54) is 6.07 Å². The van der Waals surface area contributed by atoms with Gasteiger partial charge in [0, 0.05) is 23.1 Å². The number of amides is 1. The lowest BCUT2D eigenvalue weighted by molar-refractivity contribution is -0.125. The van der Waals surface area contributed by atoms with Crippen LogP contribution in [0.2, 0.25) is 5.02 Å². The summed E-state index contributed by atoms with van der Waals surface area (Å²) >= 11 is 6.24. The second kappa shape index (κ2) is 7.31. The van der Waals surface area contributed by atoms with E-state index in [-0.39, 0.29) is 23.5 Å². The number of benzene rings is 1. The molecule has 1 N–H and O–H groups in total. The van der Waals surface area contributed by atoms with E-state index in [0.29, 0.717) is 16.4 Å². The highest BCUT2D eigenvalue weighted by atomic mass is 35.5. The zero-order valence-electron chi connectivity index (χ0n) is 16.2. The van der Waals surface area contributed by atoms with E-state index in [0.717, 1.165) is 17.4 Å². The van der Waals surface area contributed by atoms with Crippen molar-refractivity contribution in [2.75, 3.05) is 6.61 Å². The van der Waals surface area contributed by atoms with Crippen LogP contribution in [0.25, 0.3) is 11.0 Å². The molecule has 0 radical (unpaired) electrons. The van der Waals surface area contributed by atoms with Crippen LogP contribution < -0.4 is 15.7 Å². The first-order chi connectivity index (χ1) is 11.9. The summed E-state index contributed by atoms with van der Waals surface area (Å²) in [6.07, 6.45) is 0.826. The van der Waals surface area contributed by atoms with Gasteiger partial charge >= 0.3 is 5.63 Å². The maximum atomic E-state index is 12.2. The van der Waals surface area contributed by atoms with E-state index in [1.54, 1.807) is 19.1 Å². The summed E-state index contributed by atoms with van der Waals surface area (Å²) in [6, 6.07) is 4.62. The molecule has 1 aromatic carbocycles. The van der Waals surface area contributed by atoms with E-state index >= 15 is 0 Å². The van der Waals surface area contributed by atoms with Gasteiger partial charge in [0.15, 0.2) is 6.61 Å². The van der Waals surface area contributed by atoms with E-state index in [9.17, 15) is 9.59 Å². The number of rotatable bonds is 5. The minimum atomic E-state index is -0.440. The van der Waals surface area contributed by atoms with Crippen LogP contribution in [0.15, 0.2) is 27.4 Å². The first-order valence-electron chi connectivity index (χ1n) is 8.54. The molecule has 5 nitrogen and oxygen atoms in total. The van der Waals surface area contributed by atoms with Crippen LogP contribution in [0, 0.1) is 12.3 Å². The molecule has 0 fully saturated rings. The van der Waals surface area contributed by atoms with Crippen molar-refractivity contribution in [3.8, 4) is 5.75 Å². The number of ether oxygens (including phenoxy) is 1. The molecule has 2 aromatic rings. The third kappa shape index (κ3) is 5.49. The Morgan fingerprint density at radius 3 is 2.46 bits per heavy atom. The molecule has 0 saturated heterocycles. The summed E-state index contributed by atoms with van der Waals surface area (Å²) in [5.41, 5.74) is 0.448. The van der Waals surface area contributed by atoms with Crippen molar-refractivity contribution in [3.63, 3.8) is 0 Å². The Morgan fingerprint density at radius 2 is 1.85 bits per heavy atom. The van der Waals surface area contributed by atoms with Gasteiger partial charge in [0.1, 0.15) is 11.3 Å². The Balaban J connectivity index is 2.10. The minimum Gasteiger partial charge on any atom is -0.482 e. The Hall–Kier alpha value is -2.01. The molecule has 1 amide bonds. The smallest absolute Gasteiger partial charge is 0.336 e. The molecule has 0 saturated carbocycles. The summed E-state index contributed by atoms with van der Waals surface area (Å²) < 4.78 is 10.7. The van der Waals surface area contributed by atoms with Crippen molar-refractivity contribution in [3.05, 3.63) is 39.2 Å². The molecule has 0 unspecified atom stereocenters. The van der Waals surface area contributed by atoms with Gasteiger partial charge in [-0.05, 0) is 44.2 Å². The van der Waals surface area contributed by atoms with Crippen molar-refractivity contribution >= 4 is 28.5 Å². The maximum absolute atomic E-state index is 12.2. The van der Waals surface area contributed by atoms with Gasteiger partial charge < -0.3 is 14.5 Å². The molecule has 142 valence electrons. The molecule has 26 heavy (non-hydrogen) atoms. The van der Waals surface area contributed by atoms with Crippen LogP contribution in [0.5, 0.6) is 5.75 Å². The average Bonchev–Trinajstić information content (AvgIpc) is 2.42. The molecule has 1 aromatic heterocycles. The van der Waals surface area contributed by atoms with Crippen molar-refractivity contribution in [1.82, 2.24) is 5.32 Å². The zero-order valence-corrected chi connectivity index (χ0v) is 16.9. The first kappa shape index (κ1) is 20.3. The lowest BCUT2D eigenvalue weighted by atomic mass is 9.82. The van der Waals surface area contributed by atoms with Gasteiger partial charge in [-0.15, -0.1) is 0 Å². The van der Waals surface area contributed by atoms with Crippen LogP contribution in [0.4, 0.5) is 0 Å². The second-order valence-electron chi connectivity index (χ2n) is 8.49. The summed E-state index contributed by atoms with van der Waals surface area (Å²) in [5, 5.41) is 4.07. The van der Waals surface area contributed by atoms with Crippen LogP contribution in [-0.4, -0.2) is 18.1 Å². The molecular weight excluding hydrogens is 354 g/mol. The van der Waals surface area contributed by atoms with E-state index in [1.807, 2.05) is 13.8 Å². The van der Waals surface area contributed by atoms with Crippen LogP contribution in [-0.2, 0) is 4.79 Å². The molecule has 2 rings (SSSR count). The number of aryl methyl sites for hydroxylation is 1. The molecular formula is C20H26ClNO4. The lowest BCUT2D eigenvalue weighted by Gasteiger charge is -2.33. The molecule has 1 heterocycles. The molecule has 0 bridgehead atoms. The number of nitrogens with one attached hydrogen (secondary N) is 1. The predicted molar refractivity (Wildman–Crippen MR) is 104 cm³/mol. The number of fused-ring (bicyclic) bond motifs is 1. The number of halogens is 1. The van der Waals surface area contributed by atoms with Crippen LogP contribution in [0.1, 0.15) is 46.6 Å². The van der Waals surface area contributed by atoms with E-state index in [2.05, 4.69) is 26.1 Å². The van der Waals surface area contributed by atoms with Crippen molar-refractivity contribution in [1.29, 1.82) is 0 Å². The Kier molecular flexibility index (Phi) is 5.71. The van der Waals surface area contributed by atoms with Gasteiger partial charge in [0.2, 0.25) is 0 Å². The largest absolute Gasteiger partial charge is 0.482 e. The summed E-state index contributed by atoms with van der Waals surface area (Å²) in [7, 11) is 0. The second-order valence-corrected chi connectivity index (χ2v) is 8.89. The van der Waals surface area contributed by atoms with Crippen molar-refractivity contribution < 1.29 is 13.9 Å². The monoisotopic (exact) mass is 379 g/mol. The highest BCUT2D eigenvalue weighted by Gasteiger charge is 2.27. The fraction of sp³-hybridized carbons (Fsp3) is 0.500. The Morgan fingerprint density at radius 1 is 1.19 bits per heavy atom. The highest BCUT2D eigenvalue weighted by molar-refractivity contribution is 6.32. The van der Waals surface area contributed by atoms with Gasteiger partial charge in [-0.2, -0.15) is 0 Å². The quantitative estimate of drug-likeness (QED) is 0.778. The van der Waals surface area contributed by atoms with Crippen molar-refractivity contribution in [2.24, 2.45) is 5.41 Å². The molecule has 6 heteroatoms.